The largest absolute Gasteiger partial charge is 0.507 e. The molecule has 92 valence electrons. The van der Waals surface area contributed by atoms with Crippen molar-refractivity contribution in [2.45, 2.75) is 6.92 Å². The van der Waals surface area contributed by atoms with Crippen molar-refractivity contribution in [2.75, 3.05) is 13.4 Å². The first-order chi connectivity index (χ1) is 8.06. The average molecular weight is 242 g/mol. The van der Waals surface area contributed by atoms with Gasteiger partial charge in [-0.3, -0.25) is 9.59 Å². The highest BCUT2D eigenvalue weighted by Gasteiger charge is 2.18. The number of hydrogen-bond donors (Lipinski definition) is 1. The minimum absolute atomic E-state index is 0.155. The fourth-order valence-corrected chi connectivity index (χ4v) is 1.14. The fourth-order valence-electron chi connectivity index (χ4n) is 1.14. The Bertz CT molecular complexity index is 474. The molecule has 0 aromatic carbocycles. The summed E-state index contributed by atoms with van der Waals surface area (Å²) in [6.45, 7) is 0.703. The molecule has 0 saturated heterocycles. The molecule has 0 aliphatic heterocycles. The third kappa shape index (κ3) is 3.42. The van der Waals surface area contributed by atoms with Crippen LogP contribution in [0.25, 0.3) is 0 Å². The van der Waals surface area contributed by atoms with Crippen LogP contribution in [-0.4, -0.2) is 30.8 Å². The van der Waals surface area contributed by atoms with E-state index in [1.807, 2.05) is 0 Å². The van der Waals surface area contributed by atoms with Crippen LogP contribution in [0.15, 0.2) is 15.3 Å². The van der Waals surface area contributed by atoms with E-state index in [4.69, 9.17) is 0 Å². The van der Waals surface area contributed by atoms with Gasteiger partial charge in [-0.1, -0.05) is 0 Å². The summed E-state index contributed by atoms with van der Waals surface area (Å²) >= 11 is 0. The van der Waals surface area contributed by atoms with Crippen molar-refractivity contribution in [2.24, 2.45) is 0 Å². The summed E-state index contributed by atoms with van der Waals surface area (Å²) < 4.78 is 13.5. The van der Waals surface area contributed by atoms with Crippen molar-refractivity contribution in [1.29, 1.82) is 0 Å². The van der Waals surface area contributed by atoms with Crippen LogP contribution >= 0.6 is 0 Å². The van der Waals surface area contributed by atoms with E-state index < -0.39 is 36.1 Å². The van der Waals surface area contributed by atoms with Gasteiger partial charge in [0.15, 0.2) is 12.6 Å². The number of Topliss-reactive ketones (excluding diaryl/α,β-unsaturated/α-hetero) is 1. The molecule has 17 heavy (non-hydrogen) atoms. The number of hydrogen-bond acceptors (Lipinski definition) is 7. The summed E-state index contributed by atoms with van der Waals surface area (Å²) in [4.78, 5) is 32.5. The zero-order chi connectivity index (χ0) is 12.8. The summed E-state index contributed by atoms with van der Waals surface area (Å²) in [5.74, 6) is -1.04. The summed E-state index contributed by atoms with van der Waals surface area (Å²) in [5.41, 5.74) is -1.42. The van der Waals surface area contributed by atoms with Gasteiger partial charge in [0.2, 0.25) is 0 Å². The van der Waals surface area contributed by atoms with Gasteiger partial charge >= 0.3 is 5.63 Å². The van der Waals surface area contributed by atoms with Gasteiger partial charge in [0, 0.05) is 6.07 Å². The lowest BCUT2D eigenvalue weighted by atomic mass is 10.2. The van der Waals surface area contributed by atoms with E-state index >= 15 is 0 Å². The van der Waals surface area contributed by atoms with Gasteiger partial charge in [-0.15, -0.1) is 0 Å². The molecule has 1 aromatic rings. The molecule has 1 heterocycles. The highest BCUT2D eigenvalue weighted by molar-refractivity contribution is 5.98. The Morgan fingerprint density at radius 3 is 2.88 bits per heavy atom. The lowest BCUT2D eigenvalue weighted by Crippen LogP contribution is -2.19. The molecule has 0 bridgehead atoms. The van der Waals surface area contributed by atoms with Gasteiger partial charge in [-0.05, 0) is 6.92 Å². The smallest absolute Gasteiger partial charge is 0.350 e. The summed E-state index contributed by atoms with van der Waals surface area (Å²) in [6, 6.07) is 1.15. The molecule has 0 aliphatic rings. The van der Waals surface area contributed by atoms with Crippen LogP contribution in [0.1, 0.15) is 16.1 Å². The van der Waals surface area contributed by atoms with Crippen LogP contribution in [0.5, 0.6) is 5.75 Å². The Hall–Kier alpha value is -2.15. The zero-order valence-corrected chi connectivity index (χ0v) is 8.97. The maximum Gasteiger partial charge on any atom is 0.350 e. The van der Waals surface area contributed by atoms with Crippen LogP contribution in [0.4, 0.5) is 0 Å². The predicted octanol–water partition coefficient (Wildman–Crippen LogP) is -0.0164. The Morgan fingerprint density at radius 2 is 2.29 bits per heavy atom. The summed E-state index contributed by atoms with van der Waals surface area (Å²) in [7, 11) is 0. The summed E-state index contributed by atoms with van der Waals surface area (Å²) in [6.07, 6.45) is 0. The van der Waals surface area contributed by atoms with Crippen molar-refractivity contribution in [1.82, 2.24) is 0 Å². The Kier molecular flexibility index (Phi) is 4.41. The predicted molar refractivity (Wildman–Crippen MR) is 53.7 cm³/mol. The van der Waals surface area contributed by atoms with Crippen LogP contribution < -0.4 is 5.63 Å². The Morgan fingerprint density at radius 1 is 1.59 bits per heavy atom. The van der Waals surface area contributed by atoms with Crippen molar-refractivity contribution in [3.63, 3.8) is 0 Å². The quantitative estimate of drug-likeness (QED) is 0.323. The second kappa shape index (κ2) is 5.80. The fraction of sp³-hybridized carbons (Fsp3) is 0.300. The molecule has 0 amide bonds. The number of ketones is 1. The molecule has 0 unspecified atom stereocenters. The molecule has 0 radical (unpaired) electrons. The van der Waals surface area contributed by atoms with Gasteiger partial charge in [-0.25, -0.2) is 4.79 Å². The molecule has 0 fully saturated rings. The van der Waals surface area contributed by atoms with Crippen molar-refractivity contribution in [3.05, 3.63) is 27.8 Å². The molecule has 0 spiro atoms. The van der Waals surface area contributed by atoms with Gasteiger partial charge in [0.05, 0.1) is 0 Å². The van der Waals surface area contributed by atoms with E-state index in [9.17, 15) is 19.5 Å². The SMILES string of the molecule is Cc1cc(O)c(C(=O)COCOC=O)c(=O)o1. The van der Waals surface area contributed by atoms with Gasteiger partial charge < -0.3 is 19.0 Å². The third-order valence-corrected chi connectivity index (χ3v) is 1.79. The highest BCUT2D eigenvalue weighted by Crippen LogP contribution is 2.14. The molecule has 0 aliphatic carbocycles. The lowest BCUT2D eigenvalue weighted by Gasteiger charge is -2.03. The first kappa shape index (κ1) is 12.9. The highest BCUT2D eigenvalue weighted by atomic mass is 16.7. The molecular formula is C10H10O7. The number of aryl methyl sites for hydroxylation is 1. The van der Waals surface area contributed by atoms with Crippen LogP contribution in [0, 0.1) is 6.92 Å². The number of rotatable bonds is 6. The first-order valence-electron chi connectivity index (χ1n) is 4.56. The third-order valence-electron chi connectivity index (χ3n) is 1.79. The van der Waals surface area contributed by atoms with E-state index in [2.05, 4.69) is 13.9 Å². The number of carbonyl (C=O) groups excluding carboxylic acids is 2. The number of aromatic hydroxyl groups is 1. The number of ether oxygens (including phenoxy) is 2. The van der Waals surface area contributed by atoms with Crippen LogP contribution in [0.3, 0.4) is 0 Å². The minimum Gasteiger partial charge on any atom is -0.507 e. The van der Waals surface area contributed by atoms with E-state index in [0.717, 1.165) is 6.07 Å². The van der Waals surface area contributed by atoms with E-state index in [-0.39, 0.29) is 12.2 Å². The van der Waals surface area contributed by atoms with Gasteiger partial charge in [0.25, 0.3) is 6.47 Å². The van der Waals surface area contributed by atoms with E-state index in [1.54, 1.807) is 0 Å². The van der Waals surface area contributed by atoms with Crippen molar-refractivity contribution >= 4 is 12.3 Å². The van der Waals surface area contributed by atoms with E-state index in [1.165, 1.54) is 6.92 Å². The van der Waals surface area contributed by atoms with Crippen LogP contribution in [-0.2, 0) is 14.3 Å². The lowest BCUT2D eigenvalue weighted by molar-refractivity contribution is -0.139. The molecule has 0 saturated carbocycles. The number of carbonyl (C=O) groups is 2. The molecule has 7 heteroatoms. The second-order valence-electron chi connectivity index (χ2n) is 3.06. The van der Waals surface area contributed by atoms with Crippen molar-refractivity contribution in [3.8, 4) is 5.75 Å². The molecular weight excluding hydrogens is 232 g/mol. The van der Waals surface area contributed by atoms with Gasteiger partial charge in [-0.2, -0.15) is 0 Å². The molecule has 0 atom stereocenters. The van der Waals surface area contributed by atoms with Gasteiger partial charge in [0.1, 0.15) is 23.7 Å². The zero-order valence-electron chi connectivity index (χ0n) is 8.97. The standard InChI is InChI=1S/C10H10O7/c1-6-2-7(12)9(10(14)17-6)8(13)3-15-5-16-4-11/h2,4,12H,3,5H2,1H3. The molecule has 1 aromatic heterocycles. The minimum atomic E-state index is -0.938. The monoisotopic (exact) mass is 242 g/mol. The summed E-state index contributed by atoms with van der Waals surface area (Å²) in [5, 5.41) is 9.42. The average Bonchev–Trinajstić information content (AvgIpc) is 2.23. The normalized spacial score (nSPS) is 9.94. The second-order valence-corrected chi connectivity index (χ2v) is 3.06. The van der Waals surface area contributed by atoms with Crippen LogP contribution in [0.2, 0.25) is 0 Å². The first-order valence-corrected chi connectivity index (χ1v) is 4.56. The molecule has 1 rings (SSSR count). The Labute approximate surface area is 95.6 Å². The molecule has 7 nitrogen and oxygen atoms in total. The topological polar surface area (TPSA) is 103 Å². The van der Waals surface area contributed by atoms with E-state index in [0.29, 0.717) is 0 Å². The van der Waals surface area contributed by atoms with Crippen molar-refractivity contribution < 1.29 is 28.6 Å². The maximum atomic E-state index is 11.5. The maximum absolute atomic E-state index is 11.5. The Balaban J connectivity index is 2.76. The molecule has 1 N–H and O–H groups in total.